The quantitative estimate of drug-likeness (QED) is 0.437. The first kappa shape index (κ1) is 20.0. The minimum absolute atomic E-state index is 0.0222. The summed E-state index contributed by atoms with van der Waals surface area (Å²) < 4.78 is 28.9. The van der Waals surface area contributed by atoms with E-state index in [1.807, 2.05) is 0 Å². The second-order valence-corrected chi connectivity index (χ2v) is 6.14. The van der Waals surface area contributed by atoms with Crippen molar-refractivity contribution < 1.29 is 32.7 Å². The Morgan fingerprint density at radius 2 is 1.72 bits per heavy atom. The van der Waals surface area contributed by atoms with Gasteiger partial charge in [-0.25, -0.2) is 9.18 Å². The van der Waals surface area contributed by atoms with Crippen molar-refractivity contribution in [2.75, 3.05) is 13.7 Å². The molecule has 1 aromatic heterocycles. The Kier molecular flexibility index (Phi) is 5.87. The van der Waals surface area contributed by atoms with Crippen molar-refractivity contribution in [1.29, 1.82) is 0 Å². The van der Waals surface area contributed by atoms with E-state index in [1.54, 1.807) is 30.3 Å². The van der Waals surface area contributed by atoms with Crippen LogP contribution in [-0.4, -0.2) is 31.3 Å². The highest BCUT2D eigenvalue weighted by atomic mass is 19.1. The molecule has 7 heteroatoms. The minimum Gasteiger partial charge on any atom is -0.496 e. The largest absolute Gasteiger partial charge is 0.496 e. The van der Waals surface area contributed by atoms with Crippen LogP contribution in [0, 0.1) is 5.82 Å². The predicted octanol–water partition coefficient (Wildman–Crippen LogP) is 4.34. The van der Waals surface area contributed by atoms with E-state index in [9.17, 15) is 18.8 Å². The maximum atomic E-state index is 13.4. The van der Waals surface area contributed by atoms with Gasteiger partial charge in [-0.05, 0) is 37.3 Å². The van der Waals surface area contributed by atoms with Crippen molar-refractivity contribution in [1.82, 2.24) is 0 Å². The van der Waals surface area contributed by atoms with Crippen molar-refractivity contribution in [3.05, 3.63) is 77.3 Å². The molecule has 0 aliphatic carbocycles. The molecule has 0 unspecified atom stereocenters. The van der Waals surface area contributed by atoms with Gasteiger partial charge < -0.3 is 13.9 Å². The van der Waals surface area contributed by atoms with Gasteiger partial charge in [-0.2, -0.15) is 0 Å². The Balaban J connectivity index is 1.67. The van der Waals surface area contributed by atoms with E-state index in [2.05, 4.69) is 0 Å². The Morgan fingerprint density at radius 1 is 1.00 bits per heavy atom. The van der Waals surface area contributed by atoms with Crippen LogP contribution in [0.5, 0.6) is 5.75 Å². The fraction of sp³-hybridized carbons (Fsp3) is 0.136. The van der Waals surface area contributed by atoms with E-state index >= 15 is 0 Å². The molecule has 0 fully saturated rings. The van der Waals surface area contributed by atoms with E-state index < -0.39 is 24.2 Å². The molecule has 6 nitrogen and oxygen atoms in total. The maximum absolute atomic E-state index is 13.4. The number of hydrogen-bond acceptors (Lipinski definition) is 6. The number of benzene rings is 2. The lowest BCUT2D eigenvalue weighted by Crippen LogP contribution is -2.15. The number of hydrogen-bond donors (Lipinski definition) is 0. The molecule has 0 atom stereocenters. The molecule has 0 saturated heterocycles. The first-order valence-electron chi connectivity index (χ1n) is 8.64. The summed E-state index contributed by atoms with van der Waals surface area (Å²) in [6.07, 6.45) is 0. The molecule has 0 saturated carbocycles. The van der Waals surface area contributed by atoms with Crippen molar-refractivity contribution in [3.8, 4) is 17.1 Å². The third kappa shape index (κ3) is 4.57. The highest BCUT2D eigenvalue weighted by Gasteiger charge is 2.19. The molecule has 2 aromatic carbocycles. The van der Waals surface area contributed by atoms with Crippen molar-refractivity contribution in [2.24, 2.45) is 0 Å². The summed E-state index contributed by atoms with van der Waals surface area (Å²) in [6.45, 7) is 0.874. The lowest BCUT2D eigenvalue weighted by molar-refractivity contribution is 0.0444. The molecule has 0 bridgehead atoms. The number of methoxy groups -OCH3 is 1. The van der Waals surface area contributed by atoms with Crippen LogP contribution < -0.4 is 4.74 Å². The number of furan rings is 1. The molecule has 0 N–H and O–H groups in total. The SMILES string of the molecule is COc1ccc(F)cc1C(=O)COC(=O)c1ccc(-c2ccc(C(C)=O)cc2)o1. The molecular formula is C22H17FO6. The van der Waals surface area contributed by atoms with Crippen LogP contribution in [0.25, 0.3) is 11.3 Å². The van der Waals surface area contributed by atoms with Gasteiger partial charge in [0.15, 0.2) is 12.4 Å². The highest BCUT2D eigenvalue weighted by Crippen LogP contribution is 2.24. The Hall–Kier alpha value is -3.74. The zero-order valence-electron chi connectivity index (χ0n) is 15.7. The van der Waals surface area contributed by atoms with Crippen LogP contribution in [0.3, 0.4) is 0 Å². The molecule has 148 valence electrons. The summed E-state index contributed by atoms with van der Waals surface area (Å²) in [5, 5.41) is 0. The van der Waals surface area contributed by atoms with Gasteiger partial charge in [0, 0.05) is 11.1 Å². The lowest BCUT2D eigenvalue weighted by Gasteiger charge is -2.08. The second kappa shape index (κ2) is 8.52. The van der Waals surface area contributed by atoms with Crippen LogP contribution >= 0.6 is 0 Å². The number of esters is 1. The number of rotatable bonds is 7. The molecule has 0 aliphatic rings. The number of halogens is 1. The van der Waals surface area contributed by atoms with E-state index in [4.69, 9.17) is 13.9 Å². The number of ketones is 2. The number of carbonyl (C=O) groups excluding carboxylic acids is 3. The predicted molar refractivity (Wildman–Crippen MR) is 102 cm³/mol. The smallest absolute Gasteiger partial charge is 0.374 e. The van der Waals surface area contributed by atoms with Crippen LogP contribution in [0.1, 0.15) is 38.2 Å². The monoisotopic (exact) mass is 396 g/mol. The normalized spacial score (nSPS) is 10.4. The average Bonchev–Trinajstić information content (AvgIpc) is 3.22. The summed E-state index contributed by atoms with van der Waals surface area (Å²) in [5.74, 6) is -1.60. The molecule has 0 amide bonds. The first-order valence-corrected chi connectivity index (χ1v) is 8.64. The third-order valence-electron chi connectivity index (χ3n) is 4.18. The fourth-order valence-corrected chi connectivity index (χ4v) is 2.65. The number of ether oxygens (including phenoxy) is 2. The highest BCUT2D eigenvalue weighted by molar-refractivity contribution is 6.01. The minimum atomic E-state index is -0.833. The summed E-state index contributed by atoms with van der Waals surface area (Å²) in [4.78, 5) is 35.7. The number of Topliss-reactive ketones (excluding diaryl/α,β-unsaturated/α-hetero) is 2. The Morgan fingerprint density at radius 3 is 2.38 bits per heavy atom. The fourth-order valence-electron chi connectivity index (χ4n) is 2.65. The first-order chi connectivity index (χ1) is 13.9. The van der Waals surface area contributed by atoms with E-state index in [1.165, 1.54) is 26.2 Å². The van der Waals surface area contributed by atoms with Gasteiger partial charge in [0.1, 0.15) is 17.3 Å². The van der Waals surface area contributed by atoms with Crippen molar-refractivity contribution in [3.63, 3.8) is 0 Å². The molecule has 0 radical (unpaired) electrons. The maximum Gasteiger partial charge on any atom is 0.374 e. The zero-order chi connectivity index (χ0) is 21.0. The molecule has 0 spiro atoms. The van der Waals surface area contributed by atoms with E-state index in [0.29, 0.717) is 16.9 Å². The summed E-state index contributed by atoms with van der Waals surface area (Å²) in [6, 6.07) is 13.2. The molecule has 29 heavy (non-hydrogen) atoms. The van der Waals surface area contributed by atoms with Gasteiger partial charge in [-0.1, -0.05) is 24.3 Å². The van der Waals surface area contributed by atoms with Crippen LogP contribution in [0.4, 0.5) is 4.39 Å². The summed E-state index contributed by atoms with van der Waals surface area (Å²) in [7, 11) is 1.35. The van der Waals surface area contributed by atoms with Gasteiger partial charge >= 0.3 is 5.97 Å². The van der Waals surface area contributed by atoms with Crippen LogP contribution in [0.2, 0.25) is 0 Å². The molecular weight excluding hydrogens is 379 g/mol. The van der Waals surface area contributed by atoms with Gasteiger partial charge in [0.2, 0.25) is 11.5 Å². The summed E-state index contributed by atoms with van der Waals surface area (Å²) in [5.41, 5.74) is 1.21. The third-order valence-corrected chi connectivity index (χ3v) is 4.18. The molecule has 0 aliphatic heterocycles. The zero-order valence-corrected chi connectivity index (χ0v) is 15.7. The summed E-state index contributed by atoms with van der Waals surface area (Å²) >= 11 is 0. The number of carbonyl (C=O) groups is 3. The lowest BCUT2D eigenvalue weighted by atomic mass is 10.1. The van der Waals surface area contributed by atoms with Crippen LogP contribution in [0.15, 0.2) is 59.0 Å². The van der Waals surface area contributed by atoms with Gasteiger partial charge in [0.25, 0.3) is 0 Å². The molecule has 3 aromatic rings. The van der Waals surface area contributed by atoms with Crippen LogP contribution in [-0.2, 0) is 4.74 Å². The van der Waals surface area contributed by atoms with E-state index in [0.717, 1.165) is 12.1 Å². The Bertz CT molecular complexity index is 1070. The second-order valence-electron chi connectivity index (χ2n) is 6.14. The van der Waals surface area contributed by atoms with Crippen molar-refractivity contribution >= 4 is 17.5 Å². The molecule has 3 rings (SSSR count). The van der Waals surface area contributed by atoms with Crippen molar-refractivity contribution in [2.45, 2.75) is 6.92 Å². The topological polar surface area (TPSA) is 82.8 Å². The van der Waals surface area contributed by atoms with Gasteiger partial charge in [0.05, 0.1) is 12.7 Å². The van der Waals surface area contributed by atoms with Gasteiger partial charge in [-0.3, -0.25) is 9.59 Å². The Labute approximate surface area is 165 Å². The van der Waals surface area contributed by atoms with E-state index in [-0.39, 0.29) is 22.9 Å². The molecule has 1 heterocycles. The van der Waals surface area contributed by atoms with Gasteiger partial charge in [-0.15, -0.1) is 0 Å². The average molecular weight is 396 g/mol. The standard InChI is InChI=1S/C22H17FO6/c1-13(24)14-3-5-15(6-4-14)19-9-10-21(29-19)22(26)28-12-18(25)17-11-16(23)7-8-20(17)27-2/h3-11H,12H2,1-2H3.